The van der Waals surface area contributed by atoms with Crippen LogP contribution in [0.4, 0.5) is 0 Å². The highest BCUT2D eigenvalue weighted by Gasteiger charge is 2.44. The number of nitrogens with zero attached hydrogens (tertiary/aromatic N) is 5. The quantitative estimate of drug-likeness (QED) is 0.824. The minimum absolute atomic E-state index is 0.0869. The van der Waals surface area contributed by atoms with Gasteiger partial charge < -0.3 is 9.80 Å². The van der Waals surface area contributed by atoms with Crippen LogP contribution < -0.4 is 0 Å². The van der Waals surface area contributed by atoms with Gasteiger partial charge in [-0.1, -0.05) is 0 Å². The summed E-state index contributed by atoms with van der Waals surface area (Å²) in [6, 6.07) is 0. The second-order valence-corrected chi connectivity index (χ2v) is 6.83. The fraction of sp³-hybridized carbons (Fsp3) is 0.750. The zero-order chi connectivity index (χ0) is 16.6. The molecule has 3 heterocycles. The van der Waals surface area contributed by atoms with Crippen molar-refractivity contribution in [2.45, 2.75) is 46.6 Å². The van der Waals surface area contributed by atoms with E-state index in [4.69, 9.17) is 0 Å². The van der Waals surface area contributed by atoms with Gasteiger partial charge in [0, 0.05) is 38.0 Å². The number of aromatic nitrogens is 3. The van der Waals surface area contributed by atoms with Crippen molar-refractivity contribution in [3.05, 3.63) is 11.6 Å². The summed E-state index contributed by atoms with van der Waals surface area (Å²) in [5, 5.41) is 4.25. The molecule has 0 unspecified atom stereocenters. The monoisotopic (exact) mass is 319 g/mol. The van der Waals surface area contributed by atoms with Gasteiger partial charge >= 0.3 is 0 Å². The van der Waals surface area contributed by atoms with Gasteiger partial charge in [0.1, 0.15) is 18.2 Å². The Morgan fingerprint density at radius 2 is 1.96 bits per heavy atom. The summed E-state index contributed by atoms with van der Waals surface area (Å²) in [5.41, 5.74) is 0.0869. The van der Waals surface area contributed by atoms with E-state index in [1.165, 1.54) is 0 Å². The van der Waals surface area contributed by atoms with Gasteiger partial charge in [-0.3, -0.25) is 9.59 Å². The Morgan fingerprint density at radius 3 is 2.48 bits per heavy atom. The fourth-order valence-electron chi connectivity index (χ4n) is 3.77. The lowest BCUT2D eigenvalue weighted by Crippen LogP contribution is -2.45. The van der Waals surface area contributed by atoms with Crippen molar-refractivity contribution in [3.8, 4) is 0 Å². The molecule has 1 aromatic heterocycles. The molecule has 0 aliphatic carbocycles. The number of amides is 2. The third-order valence-electron chi connectivity index (χ3n) is 5.21. The van der Waals surface area contributed by atoms with Crippen molar-refractivity contribution in [1.82, 2.24) is 24.6 Å². The van der Waals surface area contributed by atoms with Crippen LogP contribution in [0.5, 0.6) is 0 Å². The van der Waals surface area contributed by atoms with Crippen LogP contribution in [0.15, 0.2) is 0 Å². The van der Waals surface area contributed by atoms with Crippen LogP contribution in [-0.2, 0) is 16.1 Å². The molecule has 23 heavy (non-hydrogen) atoms. The van der Waals surface area contributed by atoms with Gasteiger partial charge in [-0.05, 0) is 33.6 Å². The number of hydrogen-bond acceptors (Lipinski definition) is 4. The largest absolute Gasteiger partial charge is 0.342 e. The molecule has 126 valence electrons. The SMILES string of the molecule is CCN1CC2(CCN(C(=O)Cn3nc(C)nc3C)CC2)CC1=O. The highest BCUT2D eigenvalue weighted by Crippen LogP contribution is 2.40. The van der Waals surface area contributed by atoms with Gasteiger partial charge in [-0.15, -0.1) is 0 Å². The van der Waals surface area contributed by atoms with E-state index in [9.17, 15) is 9.59 Å². The van der Waals surface area contributed by atoms with Crippen LogP contribution in [0.3, 0.4) is 0 Å². The first-order valence-corrected chi connectivity index (χ1v) is 8.36. The Labute approximate surface area is 136 Å². The molecule has 0 radical (unpaired) electrons. The molecule has 7 heteroatoms. The Hall–Kier alpha value is -1.92. The van der Waals surface area contributed by atoms with Crippen LogP contribution in [0.2, 0.25) is 0 Å². The van der Waals surface area contributed by atoms with Gasteiger partial charge in [0.05, 0.1) is 0 Å². The molecule has 0 bridgehead atoms. The van der Waals surface area contributed by atoms with Gasteiger partial charge in [-0.2, -0.15) is 5.10 Å². The number of hydrogen-bond donors (Lipinski definition) is 0. The summed E-state index contributed by atoms with van der Waals surface area (Å²) < 4.78 is 1.67. The summed E-state index contributed by atoms with van der Waals surface area (Å²) in [4.78, 5) is 32.6. The highest BCUT2D eigenvalue weighted by molar-refractivity contribution is 5.80. The van der Waals surface area contributed by atoms with Gasteiger partial charge in [0.15, 0.2) is 0 Å². The van der Waals surface area contributed by atoms with Crippen LogP contribution in [0, 0.1) is 19.3 Å². The number of rotatable bonds is 3. The molecule has 2 aliphatic heterocycles. The first-order chi connectivity index (χ1) is 10.9. The van der Waals surface area contributed by atoms with E-state index >= 15 is 0 Å². The Balaban J connectivity index is 1.58. The topological polar surface area (TPSA) is 71.3 Å². The molecule has 3 rings (SSSR count). The maximum Gasteiger partial charge on any atom is 0.244 e. The summed E-state index contributed by atoms with van der Waals surface area (Å²) in [7, 11) is 0. The molecule has 1 aromatic rings. The molecule has 2 fully saturated rings. The average Bonchev–Trinajstić information content (AvgIpc) is 2.99. The smallest absolute Gasteiger partial charge is 0.244 e. The van der Waals surface area contributed by atoms with Crippen molar-refractivity contribution in [3.63, 3.8) is 0 Å². The molecule has 1 spiro atoms. The second kappa shape index (κ2) is 5.94. The zero-order valence-corrected chi connectivity index (χ0v) is 14.2. The van der Waals surface area contributed by atoms with Gasteiger partial charge in [-0.25, -0.2) is 9.67 Å². The second-order valence-electron chi connectivity index (χ2n) is 6.83. The Bertz CT molecular complexity index is 616. The van der Waals surface area contributed by atoms with Gasteiger partial charge in [0.2, 0.25) is 11.8 Å². The van der Waals surface area contributed by atoms with E-state index in [1.54, 1.807) is 4.68 Å². The Kier molecular flexibility index (Phi) is 4.12. The summed E-state index contributed by atoms with van der Waals surface area (Å²) in [5.74, 6) is 1.81. The van der Waals surface area contributed by atoms with Gasteiger partial charge in [0.25, 0.3) is 0 Å². The minimum atomic E-state index is 0.0869. The number of aryl methyl sites for hydroxylation is 2. The van der Waals surface area contributed by atoms with Crippen molar-refractivity contribution < 1.29 is 9.59 Å². The number of carbonyl (C=O) groups excluding carboxylic acids is 2. The lowest BCUT2D eigenvalue weighted by atomic mass is 9.77. The van der Waals surface area contributed by atoms with E-state index in [1.807, 2.05) is 30.6 Å². The van der Waals surface area contributed by atoms with Crippen molar-refractivity contribution >= 4 is 11.8 Å². The third kappa shape index (κ3) is 3.09. The van der Waals surface area contributed by atoms with E-state index in [0.717, 1.165) is 44.8 Å². The Morgan fingerprint density at radius 1 is 1.26 bits per heavy atom. The van der Waals surface area contributed by atoms with Crippen molar-refractivity contribution in [1.29, 1.82) is 0 Å². The molecule has 7 nitrogen and oxygen atoms in total. The zero-order valence-electron chi connectivity index (χ0n) is 14.2. The molecule has 2 aliphatic rings. The first-order valence-electron chi connectivity index (χ1n) is 8.36. The summed E-state index contributed by atoms with van der Waals surface area (Å²) in [6.45, 7) is 9.07. The van der Waals surface area contributed by atoms with E-state index in [2.05, 4.69) is 10.1 Å². The van der Waals surface area contributed by atoms with E-state index < -0.39 is 0 Å². The number of piperidine rings is 1. The first kappa shape index (κ1) is 16.0. The third-order valence-corrected chi connectivity index (χ3v) is 5.21. The van der Waals surface area contributed by atoms with Crippen LogP contribution in [-0.4, -0.2) is 62.6 Å². The lowest BCUT2D eigenvalue weighted by Gasteiger charge is -2.38. The van der Waals surface area contributed by atoms with Crippen molar-refractivity contribution in [2.24, 2.45) is 5.41 Å². The highest BCUT2D eigenvalue weighted by atomic mass is 16.2. The summed E-state index contributed by atoms with van der Waals surface area (Å²) in [6.07, 6.45) is 2.47. The molecule has 0 atom stereocenters. The molecule has 0 saturated carbocycles. The number of likely N-dealkylation sites (tertiary alicyclic amines) is 2. The normalized spacial score (nSPS) is 20.6. The standard InChI is InChI=1S/C16H25N5O2/c1-4-19-11-16(9-14(19)22)5-7-20(8-6-16)15(23)10-21-13(3)17-12(2)18-21/h4-11H2,1-3H3. The van der Waals surface area contributed by atoms with E-state index in [0.29, 0.717) is 12.2 Å². The van der Waals surface area contributed by atoms with Crippen molar-refractivity contribution in [2.75, 3.05) is 26.2 Å². The number of carbonyl (C=O) groups is 2. The lowest BCUT2D eigenvalue weighted by molar-refractivity contribution is -0.134. The van der Waals surface area contributed by atoms with Crippen LogP contribution in [0.25, 0.3) is 0 Å². The fourth-order valence-corrected chi connectivity index (χ4v) is 3.77. The molecule has 2 saturated heterocycles. The van der Waals surface area contributed by atoms with Crippen LogP contribution >= 0.6 is 0 Å². The van der Waals surface area contributed by atoms with E-state index in [-0.39, 0.29) is 23.8 Å². The predicted molar refractivity (Wildman–Crippen MR) is 84.6 cm³/mol. The average molecular weight is 319 g/mol. The van der Waals surface area contributed by atoms with Crippen LogP contribution in [0.1, 0.15) is 37.8 Å². The predicted octanol–water partition coefficient (Wildman–Crippen LogP) is 0.756. The maximum atomic E-state index is 12.5. The molecular formula is C16H25N5O2. The molecule has 0 N–H and O–H groups in total. The molecule has 0 aromatic carbocycles. The minimum Gasteiger partial charge on any atom is -0.342 e. The molecular weight excluding hydrogens is 294 g/mol. The maximum absolute atomic E-state index is 12.5. The molecule has 2 amide bonds. The summed E-state index contributed by atoms with van der Waals surface area (Å²) >= 11 is 0.